The molecule has 15 heavy (non-hydrogen) atoms. The molecule has 0 amide bonds. The second-order valence-corrected chi connectivity index (χ2v) is 3.84. The van der Waals surface area contributed by atoms with Gasteiger partial charge >= 0.3 is 0 Å². The van der Waals surface area contributed by atoms with Crippen LogP contribution in [0.1, 0.15) is 16.8 Å². The maximum Gasteiger partial charge on any atom is 0.150 e. The predicted octanol–water partition coefficient (Wildman–Crippen LogP) is 1.72. The van der Waals surface area contributed by atoms with Crippen molar-refractivity contribution in [2.45, 2.75) is 12.5 Å². The van der Waals surface area contributed by atoms with Crippen LogP contribution in [0.2, 0.25) is 0 Å². The van der Waals surface area contributed by atoms with Gasteiger partial charge in [-0.05, 0) is 30.7 Å². The van der Waals surface area contributed by atoms with E-state index in [1.807, 2.05) is 24.3 Å². The van der Waals surface area contributed by atoms with Crippen LogP contribution < -0.4 is 4.90 Å². The van der Waals surface area contributed by atoms with Gasteiger partial charge in [-0.3, -0.25) is 4.79 Å². The van der Waals surface area contributed by atoms with Crippen LogP contribution in [0.3, 0.4) is 0 Å². The number of benzene rings is 1. The summed E-state index contributed by atoms with van der Waals surface area (Å²) in [5.41, 5.74) is 1.85. The molecule has 1 heterocycles. The first kappa shape index (κ1) is 10.2. The van der Waals surface area contributed by atoms with Crippen molar-refractivity contribution in [2.75, 3.05) is 25.2 Å². The summed E-state index contributed by atoms with van der Waals surface area (Å²) in [5, 5.41) is 0. The highest BCUT2D eigenvalue weighted by molar-refractivity contribution is 5.75. The largest absolute Gasteiger partial charge is 0.379 e. The molecular weight excluding hydrogens is 190 g/mol. The molecule has 1 fully saturated rings. The van der Waals surface area contributed by atoms with Crippen molar-refractivity contribution in [3.05, 3.63) is 29.8 Å². The number of nitrogens with zero attached hydrogens (tertiary/aromatic N) is 1. The summed E-state index contributed by atoms with van der Waals surface area (Å²) >= 11 is 0. The normalized spacial score (nSPS) is 20.2. The van der Waals surface area contributed by atoms with Crippen molar-refractivity contribution in [1.82, 2.24) is 0 Å². The summed E-state index contributed by atoms with van der Waals surface area (Å²) in [5.74, 6) is 0. The number of carbonyl (C=O) groups is 1. The zero-order valence-corrected chi connectivity index (χ0v) is 8.85. The summed E-state index contributed by atoms with van der Waals surface area (Å²) < 4.78 is 5.35. The molecule has 1 saturated heterocycles. The topological polar surface area (TPSA) is 29.5 Å². The van der Waals surface area contributed by atoms with Crippen molar-refractivity contribution in [3.8, 4) is 0 Å². The third-order valence-electron chi connectivity index (χ3n) is 2.89. The first-order valence-electron chi connectivity index (χ1n) is 5.17. The number of rotatable bonds is 3. The molecule has 0 spiro atoms. The summed E-state index contributed by atoms with van der Waals surface area (Å²) in [6.07, 6.45) is 1.94. The molecule has 1 unspecified atom stereocenters. The average molecular weight is 205 g/mol. The summed E-state index contributed by atoms with van der Waals surface area (Å²) in [6, 6.07) is 8.10. The summed E-state index contributed by atoms with van der Waals surface area (Å²) in [4.78, 5) is 12.7. The molecule has 1 aliphatic heterocycles. The average Bonchev–Trinajstić information content (AvgIpc) is 2.82. The molecular formula is C12H15NO2. The van der Waals surface area contributed by atoms with Crippen LogP contribution in [-0.4, -0.2) is 32.6 Å². The number of hydrogen-bond acceptors (Lipinski definition) is 3. The van der Waals surface area contributed by atoms with Gasteiger partial charge in [0.25, 0.3) is 0 Å². The number of aldehydes is 1. The standard InChI is InChI=1S/C12H15NO2/c1-13(12-6-7-15-9-12)11-4-2-10(8-14)3-5-11/h2-5,8,12H,6-7,9H2,1H3. The molecule has 1 aromatic carbocycles. The fourth-order valence-corrected chi connectivity index (χ4v) is 1.83. The molecule has 2 rings (SSSR count). The van der Waals surface area contributed by atoms with Crippen molar-refractivity contribution >= 4 is 12.0 Å². The Labute approximate surface area is 89.7 Å². The molecule has 0 radical (unpaired) electrons. The van der Waals surface area contributed by atoms with Gasteiger partial charge in [-0.1, -0.05) is 0 Å². The molecule has 80 valence electrons. The minimum atomic E-state index is 0.465. The monoisotopic (exact) mass is 205 g/mol. The molecule has 0 aliphatic carbocycles. The number of hydrogen-bond donors (Lipinski definition) is 0. The zero-order chi connectivity index (χ0) is 10.7. The quantitative estimate of drug-likeness (QED) is 0.704. The highest BCUT2D eigenvalue weighted by Gasteiger charge is 2.20. The Morgan fingerprint density at radius 3 is 2.67 bits per heavy atom. The Balaban J connectivity index is 2.10. The first-order valence-corrected chi connectivity index (χ1v) is 5.17. The SMILES string of the molecule is CN(c1ccc(C=O)cc1)C1CCOC1. The highest BCUT2D eigenvalue weighted by Crippen LogP contribution is 2.20. The molecule has 1 atom stereocenters. The Morgan fingerprint density at radius 2 is 2.13 bits per heavy atom. The summed E-state index contributed by atoms with van der Waals surface area (Å²) in [7, 11) is 2.06. The van der Waals surface area contributed by atoms with Gasteiger partial charge in [-0.15, -0.1) is 0 Å². The lowest BCUT2D eigenvalue weighted by Crippen LogP contribution is -2.31. The predicted molar refractivity (Wildman–Crippen MR) is 59.5 cm³/mol. The highest BCUT2D eigenvalue weighted by atomic mass is 16.5. The lowest BCUT2D eigenvalue weighted by Gasteiger charge is -2.25. The fraction of sp³-hybridized carbons (Fsp3) is 0.417. The van der Waals surface area contributed by atoms with Crippen LogP contribution in [0.5, 0.6) is 0 Å². The molecule has 1 aromatic rings. The minimum absolute atomic E-state index is 0.465. The van der Waals surface area contributed by atoms with E-state index in [1.165, 1.54) is 0 Å². The smallest absolute Gasteiger partial charge is 0.150 e. The Morgan fingerprint density at radius 1 is 1.40 bits per heavy atom. The van der Waals surface area contributed by atoms with E-state index in [0.29, 0.717) is 6.04 Å². The van der Waals surface area contributed by atoms with E-state index < -0.39 is 0 Å². The van der Waals surface area contributed by atoms with Gasteiger partial charge in [-0.2, -0.15) is 0 Å². The molecule has 0 saturated carbocycles. The molecule has 0 aromatic heterocycles. The fourth-order valence-electron chi connectivity index (χ4n) is 1.83. The lowest BCUT2D eigenvalue weighted by molar-refractivity contribution is 0.112. The Kier molecular flexibility index (Phi) is 3.02. The minimum Gasteiger partial charge on any atom is -0.379 e. The summed E-state index contributed by atoms with van der Waals surface area (Å²) in [6.45, 7) is 1.65. The van der Waals surface area contributed by atoms with Crippen molar-refractivity contribution in [1.29, 1.82) is 0 Å². The molecule has 0 N–H and O–H groups in total. The van der Waals surface area contributed by atoms with Gasteiger partial charge in [0.2, 0.25) is 0 Å². The van der Waals surface area contributed by atoms with Crippen LogP contribution in [0.4, 0.5) is 5.69 Å². The Hall–Kier alpha value is -1.35. The van der Waals surface area contributed by atoms with Gasteiger partial charge in [-0.25, -0.2) is 0 Å². The van der Waals surface area contributed by atoms with E-state index in [0.717, 1.165) is 37.2 Å². The molecule has 3 heteroatoms. The Bertz CT molecular complexity index is 328. The van der Waals surface area contributed by atoms with E-state index >= 15 is 0 Å². The van der Waals surface area contributed by atoms with Gasteiger partial charge in [0.05, 0.1) is 12.6 Å². The van der Waals surface area contributed by atoms with Gasteiger partial charge in [0.15, 0.2) is 0 Å². The van der Waals surface area contributed by atoms with Crippen LogP contribution in [-0.2, 0) is 4.74 Å². The van der Waals surface area contributed by atoms with Crippen LogP contribution >= 0.6 is 0 Å². The van der Waals surface area contributed by atoms with E-state index in [-0.39, 0.29) is 0 Å². The van der Waals surface area contributed by atoms with Crippen molar-refractivity contribution < 1.29 is 9.53 Å². The number of carbonyl (C=O) groups excluding carboxylic acids is 1. The van der Waals surface area contributed by atoms with Gasteiger partial charge in [0.1, 0.15) is 6.29 Å². The van der Waals surface area contributed by atoms with Gasteiger partial charge < -0.3 is 9.64 Å². The van der Waals surface area contributed by atoms with Crippen molar-refractivity contribution in [3.63, 3.8) is 0 Å². The molecule has 0 bridgehead atoms. The molecule has 3 nitrogen and oxygen atoms in total. The number of anilines is 1. The maximum atomic E-state index is 10.5. The van der Waals surface area contributed by atoms with Crippen molar-refractivity contribution in [2.24, 2.45) is 0 Å². The number of likely N-dealkylation sites (N-methyl/N-ethyl adjacent to an activating group) is 1. The van der Waals surface area contributed by atoms with Crippen LogP contribution in [0.25, 0.3) is 0 Å². The third kappa shape index (κ3) is 2.18. The van der Waals surface area contributed by atoms with Crippen LogP contribution in [0.15, 0.2) is 24.3 Å². The van der Waals surface area contributed by atoms with E-state index in [2.05, 4.69) is 11.9 Å². The van der Waals surface area contributed by atoms with E-state index in [4.69, 9.17) is 4.74 Å². The molecule has 1 aliphatic rings. The number of ether oxygens (including phenoxy) is 1. The lowest BCUT2D eigenvalue weighted by atomic mass is 10.1. The van der Waals surface area contributed by atoms with Crippen LogP contribution in [0, 0.1) is 0 Å². The zero-order valence-electron chi connectivity index (χ0n) is 8.85. The van der Waals surface area contributed by atoms with E-state index in [9.17, 15) is 4.79 Å². The van der Waals surface area contributed by atoms with Gasteiger partial charge in [0, 0.05) is 24.9 Å². The maximum absolute atomic E-state index is 10.5. The third-order valence-corrected chi connectivity index (χ3v) is 2.89. The second kappa shape index (κ2) is 4.45. The first-order chi connectivity index (χ1) is 7.31. The second-order valence-electron chi connectivity index (χ2n) is 3.84. The van der Waals surface area contributed by atoms with E-state index in [1.54, 1.807) is 0 Å².